The highest BCUT2D eigenvalue weighted by atomic mass is 16.7. The average Bonchev–Trinajstić information content (AvgIpc) is 2.79. The minimum atomic E-state index is -1.74. The largest absolute Gasteiger partial charge is 0.508 e. The van der Waals surface area contributed by atoms with Gasteiger partial charge in [0.15, 0.2) is 12.6 Å². The molecular formula is C18H27NO14. The Kier molecular flexibility index (Phi) is 9.83. The highest BCUT2D eigenvalue weighted by Crippen LogP contribution is 2.28. The van der Waals surface area contributed by atoms with Crippen LogP contribution in [-0.4, -0.2) is 126 Å². The quantitative estimate of drug-likeness (QED) is 0.143. The van der Waals surface area contributed by atoms with Crippen molar-refractivity contribution in [2.45, 2.75) is 61.4 Å². The third kappa shape index (κ3) is 6.52. The number of aliphatic hydroxyl groups is 8. The molecule has 2 aliphatic rings. The number of aliphatic hydroxyl groups excluding tert-OH is 8. The zero-order chi connectivity index (χ0) is 24.9. The van der Waals surface area contributed by atoms with Crippen LogP contribution < -0.4 is 0 Å². The molecule has 9 N–H and O–H groups in total. The second kappa shape index (κ2) is 11.9. The standard InChI is InChI=1S/C12H22O11.C6H5NO3/c13-1-3-5(15)6(16)9(19)12(22-3)23-10-4(2-14)21-11(20)8(18)7(10)17;8-6-3-1-5(2-4-6)7(9)10/h3-20H,1-2H2;1-4,8H/t3-,4-,5+,6+,7-,8-,9-,10-,11-,12+;/m1./s1. The van der Waals surface area contributed by atoms with E-state index in [-0.39, 0.29) is 11.4 Å². The van der Waals surface area contributed by atoms with Crippen LogP contribution >= 0.6 is 0 Å². The van der Waals surface area contributed by atoms with E-state index in [2.05, 4.69) is 0 Å². The van der Waals surface area contributed by atoms with Crippen molar-refractivity contribution < 1.29 is 65.1 Å². The van der Waals surface area contributed by atoms with E-state index in [1.54, 1.807) is 0 Å². The summed E-state index contributed by atoms with van der Waals surface area (Å²) >= 11 is 0. The number of phenolic OH excluding ortho intramolecular Hbond substituents is 1. The summed E-state index contributed by atoms with van der Waals surface area (Å²) in [6.45, 7) is -1.35. The molecule has 0 unspecified atom stereocenters. The van der Waals surface area contributed by atoms with Gasteiger partial charge in [-0.25, -0.2) is 0 Å². The van der Waals surface area contributed by atoms with Crippen LogP contribution in [0.15, 0.2) is 24.3 Å². The Bertz CT molecular complexity index is 746. The second-order valence-corrected chi connectivity index (χ2v) is 7.30. The van der Waals surface area contributed by atoms with Crippen molar-refractivity contribution in [3.05, 3.63) is 34.4 Å². The zero-order valence-corrected chi connectivity index (χ0v) is 17.0. The Labute approximate surface area is 186 Å². The molecule has 188 valence electrons. The number of nitrogens with zero attached hydrogens (tertiary/aromatic N) is 1. The Morgan fingerprint density at radius 3 is 1.91 bits per heavy atom. The summed E-state index contributed by atoms with van der Waals surface area (Å²) in [7, 11) is 0. The smallest absolute Gasteiger partial charge is 0.269 e. The number of rotatable bonds is 5. The molecule has 1 aromatic rings. The summed E-state index contributed by atoms with van der Waals surface area (Å²) in [5.41, 5.74) is -0.0159. The van der Waals surface area contributed by atoms with E-state index >= 15 is 0 Å². The molecule has 1 aromatic carbocycles. The summed E-state index contributed by atoms with van der Waals surface area (Å²) in [5, 5.41) is 95.2. The molecular weight excluding hydrogens is 454 g/mol. The fourth-order valence-electron chi connectivity index (χ4n) is 3.14. The molecule has 0 spiro atoms. The number of ether oxygens (including phenoxy) is 3. The van der Waals surface area contributed by atoms with E-state index < -0.39 is 79.5 Å². The summed E-state index contributed by atoms with van der Waals surface area (Å²) in [4.78, 5) is 9.52. The molecule has 0 saturated carbocycles. The van der Waals surface area contributed by atoms with Gasteiger partial charge < -0.3 is 60.2 Å². The van der Waals surface area contributed by atoms with Crippen LogP contribution in [0.3, 0.4) is 0 Å². The summed E-state index contributed by atoms with van der Waals surface area (Å²) in [6, 6.07) is 5.04. The monoisotopic (exact) mass is 481 g/mol. The van der Waals surface area contributed by atoms with E-state index in [9.17, 15) is 45.9 Å². The van der Waals surface area contributed by atoms with Gasteiger partial charge in [0.25, 0.3) is 5.69 Å². The molecule has 2 saturated heterocycles. The van der Waals surface area contributed by atoms with Gasteiger partial charge in [0.2, 0.25) is 0 Å². The van der Waals surface area contributed by atoms with E-state index in [1.807, 2.05) is 0 Å². The van der Waals surface area contributed by atoms with Crippen LogP contribution in [0, 0.1) is 10.1 Å². The Morgan fingerprint density at radius 1 is 0.818 bits per heavy atom. The van der Waals surface area contributed by atoms with Crippen molar-refractivity contribution in [3.8, 4) is 5.75 Å². The highest BCUT2D eigenvalue weighted by Gasteiger charge is 2.50. The molecule has 2 fully saturated rings. The first-order chi connectivity index (χ1) is 15.5. The number of benzene rings is 1. The molecule has 33 heavy (non-hydrogen) atoms. The average molecular weight is 481 g/mol. The lowest BCUT2D eigenvalue weighted by Gasteiger charge is -2.45. The van der Waals surface area contributed by atoms with Gasteiger partial charge in [-0.2, -0.15) is 0 Å². The van der Waals surface area contributed by atoms with Crippen LogP contribution in [0.25, 0.3) is 0 Å². The number of nitro benzene ring substituents is 1. The lowest BCUT2D eigenvalue weighted by Crippen LogP contribution is -2.64. The van der Waals surface area contributed by atoms with E-state index in [4.69, 9.17) is 24.4 Å². The fraction of sp³-hybridized carbons (Fsp3) is 0.667. The molecule has 10 atom stereocenters. The maximum Gasteiger partial charge on any atom is 0.269 e. The van der Waals surface area contributed by atoms with Crippen molar-refractivity contribution in [2.24, 2.45) is 0 Å². The normalized spacial score (nSPS) is 38.8. The van der Waals surface area contributed by atoms with Crippen LogP contribution in [-0.2, 0) is 14.2 Å². The third-order valence-corrected chi connectivity index (χ3v) is 5.04. The van der Waals surface area contributed by atoms with Gasteiger partial charge in [-0.3, -0.25) is 10.1 Å². The summed E-state index contributed by atoms with van der Waals surface area (Å²) in [6.07, 6.45) is -15.6. The topological polar surface area (TPSA) is 253 Å². The number of phenols is 1. The molecule has 0 radical (unpaired) electrons. The molecule has 3 rings (SSSR count). The molecule has 0 amide bonds. The summed E-state index contributed by atoms with van der Waals surface area (Å²) < 4.78 is 15.3. The molecule has 0 aromatic heterocycles. The van der Waals surface area contributed by atoms with E-state index in [0.29, 0.717) is 0 Å². The predicted molar refractivity (Wildman–Crippen MR) is 103 cm³/mol. The van der Waals surface area contributed by atoms with Crippen molar-refractivity contribution in [3.63, 3.8) is 0 Å². The van der Waals surface area contributed by atoms with E-state index in [1.165, 1.54) is 24.3 Å². The van der Waals surface area contributed by atoms with Crippen LogP contribution in [0.1, 0.15) is 0 Å². The number of non-ortho nitro benzene ring substituents is 1. The number of hydrogen-bond acceptors (Lipinski definition) is 14. The minimum absolute atomic E-state index is 0.0159. The molecule has 0 bridgehead atoms. The predicted octanol–water partition coefficient (Wildman–Crippen LogP) is -4.10. The number of hydrogen-bond donors (Lipinski definition) is 9. The lowest BCUT2D eigenvalue weighted by molar-refractivity contribution is -0.384. The molecule has 2 heterocycles. The first-order valence-electron chi connectivity index (χ1n) is 9.71. The minimum Gasteiger partial charge on any atom is -0.508 e. The van der Waals surface area contributed by atoms with Crippen molar-refractivity contribution >= 4 is 5.69 Å². The SMILES string of the molecule is O=[N+]([O-])c1ccc(O)cc1.OC[C@H]1O[C@@H](O[C@H]2[C@H](O)[C@@H](O)[C@H](O)O[C@@H]2CO)[C@H](O)[C@@H](O)[C@H]1O. The van der Waals surface area contributed by atoms with Gasteiger partial charge in [-0.1, -0.05) is 0 Å². The van der Waals surface area contributed by atoms with Crippen molar-refractivity contribution in [1.29, 1.82) is 0 Å². The molecule has 15 heteroatoms. The van der Waals surface area contributed by atoms with Gasteiger partial charge in [-0.05, 0) is 12.1 Å². The fourth-order valence-corrected chi connectivity index (χ4v) is 3.14. The van der Waals surface area contributed by atoms with Crippen molar-refractivity contribution in [1.82, 2.24) is 0 Å². The maximum absolute atomic E-state index is 10.0. The molecule has 2 aliphatic heterocycles. The van der Waals surface area contributed by atoms with Gasteiger partial charge >= 0.3 is 0 Å². The van der Waals surface area contributed by atoms with Gasteiger partial charge in [0.05, 0.1) is 18.1 Å². The molecule has 0 aliphatic carbocycles. The van der Waals surface area contributed by atoms with Gasteiger partial charge in [0, 0.05) is 12.1 Å². The molecule has 15 nitrogen and oxygen atoms in total. The van der Waals surface area contributed by atoms with Crippen LogP contribution in [0.5, 0.6) is 5.75 Å². The number of nitro groups is 1. The maximum atomic E-state index is 10.0. The Balaban J connectivity index is 0.000000321. The van der Waals surface area contributed by atoms with Gasteiger partial charge in [-0.15, -0.1) is 0 Å². The van der Waals surface area contributed by atoms with Crippen molar-refractivity contribution in [2.75, 3.05) is 13.2 Å². The van der Waals surface area contributed by atoms with Crippen LogP contribution in [0.2, 0.25) is 0 Å². The number of aromatic hydroxyl groups is 1. The van der Waals surface area contributed by atoms with Crippen LogP contribution in [0.4, 0.5) is 5.69 Å². The second-order valence-electron chi connectivity index (χ2n) is 7.30. The Hall–Kier alpha value is -2.02. The zero-order valence-electron chi connectivity index (χ0n) is 17.0. The lowest BCUT2D eigenvalue weighted by atomic mass is 9.97. The highest BCUT2D eigenvalue weighted by molar-refractivity contribution is 5.35. The third-order valence-electron chi connectivity index (χ3n) is 5.04. The summed E-state index contributed by atoms with van der Waals surface area (Å²) in [5.74, 6) is 0.0330. The van der Waals surface area contributed by atoms with E-state index in [0.717, 1.165) is 0 Å². The first-order valence-corrected chi connectivity index (χ1v) is 9.71. The van der Waals surface area contributed by atoms with Gasteiger partial charge in [0.1, 0.15) is 54.6 Å². The first kappa shape index (κ1) is 27.2. The Morgan fingerprint density at radius 2 is 1.39 bits per heavy atom.